The Balaban J connectivity index is 1.76. The standard InChI is InChI=1S/C22H27N3O/c1-16-7-6-12-25-20(26)13-19(23-21(16)25)15-24(5)14-17-8-10-18(11-9-17)22(2,3)4/h6-13H,14-15H2,1-5H3/p+1. The first-order chi connectivity index (χ1) is 12.2. The molecule has 0 amide bonds. The summed E-state index contributed by atoms with van der Waals surface area (Å²) in [6.07, 6.45) is 1.77. The number of quaternary nitrogens is 1. The largest absolute Gasteiger partial charge is 0.329 e. The van der Waals surface area contributed by atoms with Crippen LogP contribution in [0.2, 0.25) is 0 Å². The van der Waals surface area contributed by atoms with Crippen LogP contribution >= 0.6 is 0 Å². The predicted octanol–water partition coefficient (Wildman–Crippen LogP) is 2.52. The third-order valence-corrected chi connectivity index (χ3v) is 4.75. The molecule has 1 unspecified atom stereocenters. The lowest BCUT2D eigenvalue weighted by Crippen LogP contribution is -3.06. The Hall–Kier alpha value is -2.46. The topological polar surface area (TPSA) is 38.8 Å². The summed E-state index contributed by atoms with van der Waals surface area (Å²) in [7, 11) is 2.14. The van der Waals surface area contributed by atoms with Crippen LogP contribution in [0.4, 0.5) is 0 Å². The van der Waals surface area contributed by atoms with Crippen molar-refractivity contribution in [3.8, 4) is 0 Å². The van der Waals surface area contributed by atoms with E-state index >= 15 is 0 Å². The molecule has 4 nitrogen and oxygen atoms in total. The number of rotatable bonds is 4. The van der Waals surface area contributed by atoms with Gasteiger partial charge in [-0.25, -0.2) is 4.98 Å². The Labute approximate surface area is 155 Å². The van der Waals surface area contributed by atoms with Crippen molar-refractivity contribution in [1.29, 1.82) is 0 Å². The van der Waals surface area contributed by atoms with E-state index in [0.717, 1.165) is 30.0 Å². The molecule has 3 rings (SSSR count). The fourth-order valence-electron chi connectivity index (χ4n) is 3.24. The number of aromatic nitrogens is 2. The Morgan fingerprint density at radius 3 is 2.42 bits per heavy atom. The molecule has 0 spiro atoms. The first-order valence-electron chi connectivity index (χ1n) is 9.13. The van der Waals surface area contributed by atoms with Crippen molar-refractivity contribution in [1.82, 2.24) is 9.38 Å². The minimum absolute atomic E-state index is 0.0176. The molecule has 0 fully saturated rings. The fourth-order valence-corrected chi connectivity index (χ4v) is 3.24. The molecule has 1 aromatic carbocycles. The summed E-state index contributed by atoms with van der Waals surface area (Å²) in [6, 6.07) is 14.4. The molecule has 0 aliphatic rings. The normalized spacial score (nSPS) is 13.1. The summed E-state index contributed by atoms with van der Waals surface area (Å²) < 4.78 is 1.61. The van der Waals surface area contributed by atoms with Gasteiger partial charge in [-0.15, -0.1) is 0 Å². The molecule has 0 aliphatic heterocycles. The second kappa shape index (κ2) is 7.04. The number of nitrogens with zero attached hydrogens (tertiary/aromatic N) is 2. The Morgan fingerprint density at radius 1 is 1.08 bits per heavy atom. The number of nitrogens with one attached hydrogen (secondary N) is 1. The van der Waals surface area contributed by atoms with E-state index in [1.807, 2.05) is 19.1 Å². The van der Waals surface area contributed by atoms with E-state index < -0.39 is 0 Å². The zero-order valence-electron chi connectivity index (χ0n) is 16.3. The highest BCUT2D eigenvalue weighted by molar-refractivity contribution is 5.46. The lowest BCUT2D eigenvalue weighted by molar-refractivity contribution is -0.908. The van der Waals surface area contributed by atoms with Gasteiger partial charge < -0.3 is 4.90 Å². The monoisotopic (exact) mass is 350 g/mol. The van der Waals surface area contributed by atoms with Crippen molar-refractivity contribution >= 4 is 5.65 Å². The van der Waals surface area contributed by atoms with Crippen molar-refractivity contribution in [2.45, 2.75) is 46.2 Å². The summed E-state index contributed by atoms with van der Waals surface area (Å²) in [6.45, 7) is 10.3. The van der Waals surface area contributed by atoms with E-state index in [-0.39, 0.29) is 11.0 Å². The predicted molar refractivity (Wildman–Crippen MR) is 106 cm³/mol. The van der Waals surface area contributed by atoms with Crippen LogP contribution in [0.5, 0.6) is 0 Å². The SMILES string of the molecule is Cc1cccn2c(=O)cc(C[NH+](C)Cc3ccc(C(C)(C)C)cc3)nc12. The maximum absolute atomic E-state index is 12.3. The van der Waals surface area contributed by atoms with Crippen molar-refractivity contribution in [2.75, 3.05) is 7.05 Å². The number of pyridine rings is 1. The summed E-state index contributed by atoms with van der Waals surface area (Å²) in [5.74, 6) is 0. The van der Waals surface area contributed by atoms with Gasteiger partial charge in [-0.05, 0) is 29.5 Å². The van der Waals surface area contributed by atoms with Crippen molar-refractivity contribution in [3.63, 3.8) is 0 Å². The number of fused-ring (bicyclic) bond motifs is 1. The Kier molecular flexibility index (Phi) is 4.97. The van der Waals surface area contributed by atoms with Gasteiger partial charge in [0, 0.05) is 17.8 Å². The van der Waals surface area contributed by atoms with E-state index in [9.17, 15) is 4.79 Å². The summed E-state index contributed by atoms with van der Waals surface area (Å²) >= 11 is 0. The van der Waals surface area contributed by atoms with Gasteiger partial charge in [0.05, 0.1) is 7.05 Å². The second-order valence-electron chi connectivity index (χ2n) is 8.23. The molecular formula is C22H28N3O+. The molecule has 0 saturated heterocycles. The van der Waals surface area contributed by atoms with Gasteiger partial charge in [-0.2, -0.15) is 0 Å². The zero-order valence-corrected chi connectivity index (χ0v) is 16.3. The molecule has 0 saturated carbocycles. The van der Waals surface area contributed by atoms with E-state index in [4.69, 9.17) is 4.98 Å². The number of aryl methyl sites for hydroxylation is 1. The average Bonchev–Trinajstić information content (AvgIpc) is 2.55. The fraction of sp³-hybridized carbons (Fsp3) is 0.364. The van der Waals surface area contributed by atoms with Crippen molar-refractivity contribution in [3.05, 3.63) is 81.4 Å². The lowest BCUT2D eigenvalue weighted by atomic mass is 9.87. The van der Waals surface area contributed by atoms with Crippen LogP contribution in [-0.4, -0.2) is 16.4 Å². The first-order valence-corrected chi connectivity index (χ1v) is 9.13. The molecule has 0 aliphatic carbocycles. The molecule has 0 radical (unpaired) electrons. The molecule has 1 N–H and O–H groups in total. The molecule has 4 heteroatoms. The van der Waals surface area contributed by atoms with Crippen LogP contribution in [0.25, 0.3) is 5.65 Å². The highest BCUT2D eigenvalue weighted by Gasteiger charge is 2.14. The number of hydrogen-bond acceptors (Lipinski definition) is 2. The van der Waals surface area contributed by atoms with Gasteiger partial charge in [0.1, 0.15) is 24.4 Å². The van der Waals surface area contributed by atoms with Gasteiger partial charge in [0.15, 0.2) is 0 Å². The third kappa shape index (κ3) is 4.02. The molecule has 1 atom stereocenters. The maximum Gasteiger partial charge on any atom is 0.258 e. The van der Waals surface area contributed by atoms with Crippen LogP contribution in [0.3, 0.4) is 0 Å². The Morgan fingerprint density at radius 2 is 1.77 bits per heavy atom. The summed E-state index contributed by atoms with van der Waals surface area (Å²) in [5, 5.41) is 0. The van der Waals surface area contributed by atoms with Crippen molar-refractivity contribution < 1.29 is 4.90 Å². The molecule has 0 bridgehead atoms. The molecule has 136 valence electrons. The minimum atomic E-state index is -0.0176. The number of hydrogen-bond donors (Lipinski definition) is 1. The van der Waals surface area contributed by atoms with E-state index in [1.165, 1.54) is 16.0 Å². The highest BCUT2D eigenvalue weighted by atomic mass is 16.1. The van der Waals surface area contributed by atoms with Gasteiger partial charge in [-0.1, -0.05) is 51.1 Å². The van der Waals surface area contributed by atoms with Crippen molar-refractivity contribution in [2.24, 2.45) is 0 Å². The van der Waals surface area contributed by atoms with E-state index in [2.05, 4.69) is 52.1 Å². The minimum Gasteiger partial charge on any atom is -0.329 e. The van der Waals surface area contributed by atoms with Crippen LogP contribution in [0.15, 0.2) is 53.5 Å². The average molecular weight is 350 g/mol. The molecule has 26 heavy (non-hydrogen) atoms. The van der Waals surface area contributed by atoms with E-state index in [1.54, 1.807) is 16.7 Å². The highest BCUT2D eigenvalue weighted by Crippen LogP contribution is 2.21. The van der Waals surface area contributed by atoms with Gasteiger partial charge in [-0.3, -0.25) is 9.20 Å². The molecule has 2 heterocycles. The van der Waals surface area contributed by atoms with Gasteiger partial charge >= 0.3 is 0 Å². The lowest BCUT2D eigenvalue weighted by Gasteiger charge is -2.20. The summed E-state index contributed by atoms with van der Waals surface area (Å²) in [5.41, 5.74) is 5.40. The van der Waals surface area contributed by atoms with Crippen LogP contribution in [-0.2, 0) is 18.5 Å². The van der Waals surface area contributed by atoms with Crippen LogP contribution in [0, 0.1) is 6.92 Å². The molecule has 2 aromatic heterocycles. The summed E-state index contributed by atoms with van der Waals surface area (Å²) in [4.78, 5) is 18.3. The van der Waals surface area contributed by atoms with E-state index in [0.29, 0.717) is 0 Å². The molecule has 3 aromatic rings. The second-order valence-corrected chi connectivity index (χ2v) is 8.23. The smallest absolute Gasteiger partial charge is 0.258 e. The maximum atomic E-state index is 12.3. The van der Waals surface area contributed by atoms with Crippen LogP contribution in [0.1, 0.15) is 43.2 Å². The Bertz CT molecular complexity index is 965. The first kappa shape index (κ1) is 18.3. The third-order valence-electron chi connectivity index (χ3n) is 4.75. The van der Waals surface area contributed by atoms with Gasteiger partial charge in [0.25, 0.3) is 5.56 Å². The molecular weight excluding hydrogens is 322 g/mol. The van der Waals surface area contributed by atoms with Crippen LogP contribution < -0.4 is 10.5 Å². The number of benzene rings is 1. The van der Waals surface area contributed by atoms with Gasteiger partial charge in [0.2, 0.25) is 0 Å². The zero-order chi connectivity index (χ0) is 18.9. The quantitative estimate of drug-likeness (QED) is 0.785.